The van der Waals surface area contributed by atoms with Crippen LogP contribution in [0.3, 0.4) is 0 Å². The Labute approximate surface area is 185 Å². The Balaban J connectivity index is 1.29. The van der Waals surface area contributed by atoms with Crippen molar-refractivity contribution in [2.45, 2.75) is 26.3 Å². The number of amides is 1. The number of hydrogen-bond acceptors (Lipinski definition) is 5. The molecule has 30 heavy (non-hydrogen) atoms. The molecule has 0 bridgehead atoms. The zero-order valence-corrected chi connectivity index (χ0v) is 18.1. The predicted octanol–water partition coefficient (Wildman–Crippen LogP) is 5.20. The largest absolute Gasteiger partial charge is 0.338 e. The number of rotatable bonds is 5. The normalized spacial score (nSPS) is 15.3. The van der Waals surface area contributed by atoms with Crippen LogP contribution in [-0.4, -0.2) is 34.0 Å². The molecule has 0 radical (unpaired) electrons. The first-order chi connectivity index (χ1) is 14.5. The number of nitrogens with one attached hydrogen (secondary N) is 1. The van der Waals surface area contributed by atoms with Crippen LogP contribution in [0.2, 0.25) is 10.0 Å². The van der Waals surface area contributed by atoms with Crippen molar-refractivity contribution in [3.8, 4) is 11.4 Å². The summed E-state index contributed by atoms with van der Waals surface area (Å²) in [5.74, 6) is 1.14. The fourth-order valence-electron chi connectivity index (χ4n) is 3.49. The Morgan fingerprint density at radius 2 is 1.90 bits per heavy atom. The van der Waals surface area contributed by atoms with Gasteiger partial charge in [-0.3, -0.25) is 9.69 Å². The Kier molecular flexibility index (Phi) is 6.37. The Bertz CT molecular complexity index is 1030. The van der Waals surface area contributed by atoms with Gasteiger partial charge in [0.15, 0.2) is 0 Å². The zero-order valence-electron chi connectivity index (χ0n) is 16.6. The molecular weight excluding hydrogens is 423 g/mol. The van der Waals surface area contributed by atoms with E-state index in [0.29, 0.717) is 28.3 Å². The number of piperidine rings is 1. The van der Waals surface area contributed by atoms with E-state index in [9.17, 15) is 4.79 Å². The van der Waals surface area contributed by atoms with E-state index in [-0.39, 0.29) is 11.8 Å². The first kappa shape index (κ1) is 20.8. The first-order valence-corrected chi connectivity index (χ1v) is 10.6. The van der Waals surface area contributed by atoms with Crippen LogP contribution in [0, 0.1) is 12.8 Å². The fourth-order valence-corrected chi connectivity index (χ4v) is 3.80. The lowest BCUT2D eigenvalue weighted by Gasteiger charge is -2.30. The van der Waals surface area contributed by atoms with Crippen LogP contribution in [0.4, 0.5) is 5.69 Å². The summed E-state index contributed by atoms with van der Waals surface area (Å²) in [6.45, 7) is 4.10. The molecule has 1 aliphatic heterocycles. The van der Waals surface area contributed by atoms with Gasteiger partial charge >= 0.3 is 0 Å². The van der Waals surface area contributed by atoms with Gasteiger partial charge in [-0.05, 0) is 74.8 Å². The van der Waals surface area contributed by atoms with E-state index in [2.05, 4.69) is 20.4 Å². The van der Waals surface area contributed by atoms with Gasteiger partial charge in [0, 0.05) is 27.2 Å². The summed E-state index contributed by atoms with van der Waals surface area (Å²) in [5, 5.41) is 8.35. The van der Waals surface area contributed by atoms with E-state index < -0.39 is 0 Å². The molecule has 3 aromatic rings. The number of carbonyl (C=O) groups excluding carboxylic acids is 1. The molecule has 0 aliphatic carbocycles. The van der Waals surface area contributed by atoms with Gasteiger partial charge in [0.05, 0.1) is 6.54 Å². The van der Waals surface area contributed by atoms with E-state index >= 15 is 0 Å². The molecule has 0 spiro atoms. The van der Waals surface area contributed by atoms with E-state index in [1.54, 1.807) is 18.2 Å². The van der Waals surface area contributed by atoms with Crippen molar-refractivity contribution >= 4 is 34.8 Å². The molecule has 1 N–H and O–H groups in total. The van der Waals surface area contributed by atoms with Crippen LogP contribution < -0.4 is 5.32 Å². The molecule has 1 aromatic heterocycles. The Morgan fingerprint density at radius 1 is 1.17 bits per heavy atom. The summed E-state index contributed by atoms with van der Waals surface area (Å²) in [6, 6.07) is 12.9. The second-order valence-electron chi connectivity index (χ2n) is 7.52. The van der Waals surface area contributed by atoms with Gasteiger partial charge in [0.25, 0.3) is 0 Å². The second-order valence-corrected chi connectivity index (χ2v) is 8.37. The van der Waals surface area contributed by atoms with Crippen LogP contribution in [0.15, 0.2) is 47.0 Å². The molecule has 1 saturated heterocycles. The first-order valence-electron chi connectivity index (χ1n) is 9.86. The topological polar surface area (TPSA) is 71.3 Å². The maximum atomic E-state index is 12.6. The van der Waals surface area contributed by atoms with E-state index in [1.165, 1.54) is 0 Å². The molecular formula is C22H22Cl2N4O2. The number of halogens is 2. The van der Waals surface area contributed by atoms with Gasteiger partial charge in [0.1, 0.15) is 0 Å². The van der Waals surface area contributed by atoms with Crippen molar-refractivity contribution in [1.82, 2.24) is 15.0 Å². The lowest BCUT2D eigenvalue weighted by molar-refractivity contribution is -0.121. The number of likely N-dealkylation sites (tertiary alicyclic amines) is 1. The molecule has 0 saturated carbocycles. The summed E-state index contributed by atoms with van der Waals surface area (Å²) < 4.78 is 5.40. The molecule has 1 amide bonds. The quantitative estimate of drug-likeness (QED) is 0.585. The number of carbonyl (C=O) groups is 1. The van der Waals surface area contributed by atoms with Crippen molar-refractivity contribution in [1.29, 1.82) is 0 Å². The monoisotopic (exact) mass is 444 g/mol. The third kappa shape index (κ3) is 5.01. The average Bonchev–Trinajstić information content (AvgIpc) is 3.20. The molecule has 156 valence electrons. The van der Waals surface area contributed by atoms with Crippen LogP contribution in [0.25, 0.3) is 11.4 Å². The summed E-state index contributed by atoms with van der Waals surface area (Å²) in [5.41, 5.74) is 2.59. The van der Waals surface area contributed by atoms with Gasteiger partial charge in [0.2, 0.25) is 17.6 Å². The van der Waals surface area contributed by atoms with Crippen molar-refractivity contribution in [3.05, 3.63) is 64.0 Å². The minimum absolute atomic E-state index is 0.0198. The highest BCUT2D eigenvalue weighted by Gasteiger charge is 2.26. The van der Waals surface area contributed by atoms with Crippen LogP contribution >= 0.6 is 23.2 Å². The van der Waals surface area contributed by atoms with Gasteiger partial charge in [-0.15, -0.1) is 0 Å². The number of hydrogen-bond donors (Lipinski definition) is 1. The van der Waals surface area contributed by atoms with E-state index in [1.807, 2.05) is 31.2 Å². The molecule has 2 heterocycles. The minimum atomic E-state index is -0.0198. The fraction of sp³-hybridized carbons (Fsp3) is 0.318. The van der Waals surface area contributed by atoms with Gasteiger partial charge < -0.3 is 9.84 Å². The van der Waals surface area contributed by atoms with Crippen LogP contribution in [0.1, 0.15) is 24.3 Å². The molecule has 1 aliphatic rings. The third-order valence-electron chi connectivity index (χ3n) is 5.33. The third-order valence-corrected chi connectivity index (χ3v) is 5.99. The maximum Gasteiger partial charge on any atom is 0.241 e. The zero-order chi connectivity index (χ0) is 21.1. The highest BCUT2D eigenvalue weighted by Crippen LogP contribution is 2.24. The number of aromatic nitrogens is 2. The predicted molar refractivity (Wildman–Crippen MR) is 118 cm³/mol. The lowest BCUT2D eigenvalue weighted by atomic mass is 9.96. The summed E-state index contributed by atoms with van der Waals surface area (Å²) in [7, 11) is 0. The Hall–Kier alpha value is -2.41. The lowest BCUT2D eigenvalue weighted by Crippen LogP contribution is -2.37. The van der Waals surface area contributed by atoms with Gasteiger partial charge in [-0.25, -0.2) is 0 Å². The van der Waals surface area contributed by atoms with Crippen LogP contribution in [0.5, 0.6) is 0 Å². The summed E-state index contributed by atoms with van der Waals surface area (Å²) >= 11 is 12.1. The smallest absolute Gasteiger partial charge is 0.241 e. The number of nitrogens with zero attached hydrogens (tertiary/aromatic N) is 3. The standard InChI is InChI=1S/C22H22Cl2N4O2/c1-14-2-7-18(12-19(14)24)25-22(29)16-8-10-28(11-9-16)13-20-26-21(27-30-20)15-3-5-17(23)6-4-15/h2-7,12,16H,8-11,13H2,1H3,(H,25,29). The van der Waals surface area contributed by atoms with Crippen molar-refractivity contribution in [2.24, 2.45) is 5.92 Å². The minimum Gasteiger partial charge on any atom is -0.338 e. The van der Waals surface area contributed by atoms with Crippen molar-refractivity contribution in [3.63, 3.8) is 0 Å². The van der Waals surface area contributed by atoms with Gasteiger partial charge in [-0.1, -0.05) is 34.4 Å². The highest BCUT2D eigenvalue weighted by atomic mass is 35.5. The Morgan fingerprint density at radius 3 is 2.60 bits per heavy atom. The molecule has 6 nitrogen and oxygen atoms in total. The van der Waals surface area contributed by atoms with Crippen LogP contribution in [-0.2, 0) is 11.3 Å². The van der Waals surface area contributed by atoms with Crippen molar-refractivity contribution < 1.29 is 9.32 Å². The molecule has 4 rings (SSSR count). The number of aryl methyl sites for hydroxylation is 1. The second kappa shape index (κ2) is 9.16. The van der Waals surface area contributed by atoms with Gasteiger partial charge in [-0.2, -0.15) is 4.98 Å². The SMILES string of the molecule is Cc1ccc(NC(=O)C2CCN(Cc3nc(-c4ccc(Cl)cc4)no3)CC2)cc1Cl. The summed E-state index contributed by atoms with van der Waals surface area (Å²) in [6.07, 6.45) is 1.56. The molecule has 0 unspecified atom stereocenters. The number of benzene rings is 2. The maximum absolute atomic E-state index is 12.6. The highest BCUT2D eigenvalue weighted by molar-refractivity contribution is 6.31. The average molecular weight is 445 g/mol. The molecule has 8 heteroatoms. The molecule has 2 aromatic carbocycles. The number of anilines is 1. The summed E-state index contributed by atoms with van der Waals surface area (Å²) in [4.78, 5) is 19.3. The van der Waals surface area contributed by atoms with Crippen molar-refractivity contribution in [2.75, 3.05) is 18.4 Å². The van der Waals surface area contributed by atoms with E-state index in [4.69, 9.17) is 27.7 Å². The molecule has 1 fully saturated rings. The molecule has 0 atom stereocenters. The van der Waals surface area contributed by atoms with E-state index in [0.717, 1.165) is 42.7 Å².